The fourth-order valence-electron chi connectivity index (χ4n) is 2.46. The Morgan fingerprint density at radius 3 is 2.50 bits per heavy atom. The molecule has 2 aromatic carbocycles. The summed E-state index contributed by atoms with van der Waals surface area (Å²) in [6, 6.07) is 15.0. The molecule has 1 aromatic heterocycles. The first kappa shape index (κ1) is 18.1. The van der Waals surface area contributed by atoms with Crippen LogP contribution in [0.15, 0.2) is 60.0 Å². The summed E-state index contributed by atoms with van der Waals surface area (Å²) in [7, 11) is 0. The molecule has 0 aliphatic carbocycles. The SMILES string of the molecule is O=C(Cc1csc(-c2ccccc2)n1)NC(C(=O)O)c1ccccc1Cl. The maximum Gasteiger partial charge on any atom is 0.330 e. The quantitative estimate of drug-likeness (QED) is 0.672. The maximum atomic E-state index is 12.3. The van der Waals surface area contributed by atoms with Crippen LogP contribution in [0, 0.1) is 0 Å². The van der Waals surface area contributed by atoms with Gasteiger partial charge in [-0.3, -0.25) is 4.79 Å². The number of nitrogens with one attached hydrogen (secondary N) is 1. The first-order valence-electron chi connectivity index (χ1n) is 7.81. The van der Waals surface area contributed by atoms with Crippen LogP contribution in [0.25, 0.3) is 10.6 Å². The number of carbonyl (C=O) groups excluding carboxylic acids is 1. The van der Waals surface area contributed by atoms with Crippen molar-refractivity contribution in [3.05, 3.63) is 76.3 Å². The van der Waals surface area contributed by atoms with E-state index in [1.807, 2.05) is 30.3 Å². The molecule has 132 valence electrons. The van der Waals surface area contributed by atoms with Crippen molar-refractivity contribution in [2.24, 2.45) is 0 Å². The zero-order valence-electron chi connectivity index (χ0n) is 13.6. The molecule has 3 aromatic rings. The largest absolute Gasteiger partial charge is 0.479 e. The van der Waals surface area contributed by atoms with E-state index in [4.69, 9.17) is 11.6 Å². The molecular formula is C19H15ClN2O3S. The predicted octanol–water partition coefficient (Wildman–Crippen LogP) is 3.95. The molecule has 0 fully saturated rings. The van der Waals surface area contributed by atoms with Crippen LogP contribution >= 0.6 is 22.9 Å². The van der Waals surface area contributed by atoms with Gasteiger partial charge in [0, 0.05) is 21.5 Å². The number of hydrogen-bond acceptors (Lipinski definition) is 4. The van der Waals surface area contributed by atoms with Crippen LogP contribution in [0.5, 0.6) is 0 Å². The van der Waals surface area contributed by atoms with Gasteiger partial charge in [0.2, 0.25) is 5.91 Å². The Morgan fingerprint density at radius 2 is 1.81 bits per heavy atom. The second-order valence-electron chi connectivity index (χ2n) is 5.55. The Balaban J connectivity index is 1.71. The van der Waals surface area contributed by atoms with Crippen LogP contribution in [-0.4, -0.2) is 22.0 Å². The lowest BCUT2D eigenvalue weighted by Crippen LogP contribution is -2.35. The zero-order valence-corrected chi connectivity index (χ0v) is 15.1. The zero-order chi connectivity index (χ0) is 18.5. The average molecular weight is 387 g/mol. The van der Waals surface area contributed by atoms with E-state index in [1.165, 1.54) is 11.3 Å². The van der Waals surface area contributed by atoms with Gasteiger partial charge in [0.1, 0.15) is 5.01 Å². The molecule has 0 saturated carbocycles. The van der Waals surface area contributed by atoms with E-state index in [1.54, 1.807) is 29.6 Å². The minimum absolute atomic E-state index is 0.00241. The predicted molar refractivity (Wildman–Crippen MR) is 101 cm³/mol. The summed E-state index contributed by atoms with van der Waals surface area (Å²) in [6.07, 6.45) is -0.00241. The van der Waals surface area contributed by atoms with Crippen molar-refractivity contribution in [3.63, 3.8) is 0 Å². The van der Waals surface area contributed by atoms with Crippen molar-refractivity contribution in [1.82, 2.24) is 10.3 Å². The molecule has 1 unspecified atom stereocenters. The van der Waals surface area contributed by atoms with Crippen molar-refractivity contribution in [1.29, 1.82) is 0 Å². The number of hydrogen-bond donors (Lipinski definition) is 2. The first-order chi connectivity index (χ1) is 12.5. The average Bonchev–Trinajstić information content (AvgIpc) is 3.09. The molecule has 1 atom stereocenters. The van der Waals surface area contributed by atoms with E-state index in [0.717, 1.165) is 10.6 Å². The minimum atomic E-state index is -1.21. The van der Waals surface area contributed by atoms with Gasteiger partial charge in [-0.1, -0.05) is 60.1 Å². The van der Waals surface area contributed by atoms with Gasteiger partial charge in [-0.25, -0.2) is 9.78 Å². The molecule has 3 rings (SSSR count). The Hall–Kier alpha value is -2.70. The monoisotopic (exact) mass is 386 g/mol. The number of nitrogens with zero attached hydrogens (tertiary/aromatic N) is 1. The number of rotatable bonds is 6. The molecule has 0 aliphatic rings. The number of thiazole rings is 1. The molecule has 26 heavy (non-hydrogen) atoms. The number of halogens is 1. The lowest BCUT2D eigenvalue weighted by molar-refractivity contribution is -0.142. The summed E-state index contributed by atoms with van der Waals surface area (Å²) < 4.78 is 0. The lowest BCUT2D eigenvalue weighted by Gasteiger charge is -2.15. The third kappa shape index (κ3) is 4.28. The lowest BCUT2D eigenvalue weighted by atomic mass is 10.1. The van der Waals surface area contributed by atoms with Gasteiger partial charge in [-0.05, 0) is 6.07 Å². The highest BCUT2D eigenvalue weighted by Gasteiger charge is 2.24. The van der Waals surface area contributed by atoms with E-state index in [-0.39, 0.29) is 6.42 Å². The number of carbonyl (C=O) groups is 2. The van der Waals surface area contributed by atoms with Crippen molar-refractivity contribution in [2.45, 2.75) is 12.5 Å². The molecule has 0 spiro atoms. The van der Waals surface area contributed by atoms with Gasteiger partial charge < -0.3 is 10.4 Å². The van der Waals surface area contributed by atoms with Crippen molar-refractivity contribution in [3.8, 4) is 10.6 Å². The highest BCUT2D eigenvalue weighted by molar-refractivity contribution is 7.13. The minimum Gasteiger partial charge on any atom is -0.479 e. The molecule has 5 nitrogen and oxygen atoms in total. The summed E-state index contributed by atoms with van der Waals surface area (Å²) in [5, 5.41) is 14.8. The Labute approximate surface area is 159 Å². The van der Waals surface area contributed by atoms with E-state index >= 15 is 0 Å². The fraction of sp³-hybridized carbons (Fsp3) is 0.105. The van der Waals surface area contributed by atoms with Gasteiger partial charge in [-0.2, -0.15) is 0 Å². The summed E-state index contributed by atoms with van der Waals surface area (Å²) in [5.74, 6) is -1.60. The molecule has 1 amide bonds. The van der Waals surface area contributed by atoms with Crippen molar-refractivity contribution < 1.29 is 14.7 Å². The van der Waals surface area contributed by atoms with Gasteiger partial charge in [0.25, 0.3) is 0 Å². The fourth-order valence-corrected chi connectivity index (χ4v) is 3.53. The van der Waals surface area contributed by atoms with Crippen LogP contribution in [0.3, 0.4) is 0 Å². The third-order valence-electron chi connectivity index (χ3n) is 3.68. The number of benzene rings is 2. The van der Waals surface area contributed by atoms with Gasteiger partial charge in [0.15, 0.2) is 6.04 Å². The van der Waals surface area contributed by atoms with Crippen LogP contribution < -0.4 is 5.32 Å². The van der Waals surface area contributed by atoms with E-state index in [9.17, 15) is 14.7 Å². The second-order valence-corrected chi connectivity index (χ2v) is 6.81. The van der Waals surface area contributed by atoms with E-state index in [2.05, 4.69) is 10.3 Å². The Morgan fingerprint density at radius 1 is 1.12 bits per heavy atom. The highest BCUT2D eigenvalue weighted by atomic mass is 35.5. The van der Waals surface area contributed by atoms with Crippen molar-refractivity contribution >= 4 is 34.8 Å². The topological polar surface area (TPSA) is 79.3 Å². The van der Waals surface area contributed by atoms with Gasteiger partial charge in [-0.15, -0.1) is 11.3 Å². The molecule has 7 heteroatoms. The molecule has 0 aliphatic heterocycles. The van der Waals surface area contributed by atoms with Crippen LogP contribution in [0.2, 0.25) is 5.02 Å². The molecule has 1 heterocycles. The number of carboxylic acid groups (broad SMARTS) is 1. The highest BCUT2D eigenvalue weighted by Crippen LogP contribution is 2.25. The maximum absolute atomic E-state index is 12.3. The second kappa shape index (κ2) is 8.12. The summed E-state index contributed by atoms with van der Waals surface area (Å²) in [5.41, 5.74) is 1.91. The summed E-state index contributed by atoms with van der Waals surface area (Å²) in [4.78, 5) is 28.3. The number of amides is 1. The number of aromatic nitrogens is 1. The number of carboxylic acids is 1. The smallest absolute Gasteiger partial charge is 0.330 e. The van der Waals surface area contributed by atoms with E-state index in [0.29, 0.717) is 16.3 Å². The van der Waals surface area contributed by atoms with Crippen LogP contribution in [0.4, 0.5) is 0 Å². The summed E-state index contributed by atoms with van der Waals surface area (Å²) in [6.45, 7) is 0. The molecule has 0 radical (unpaired) electrons. The molecular weight excluding hydrogens is 372 g/mol. The molecule has 0 bridgehead atoms. The standard InChI is InChI=1S/C19H15ClN2O3S/c20-15-9-5-4-8-14(15)17(19(24)25)22-16(23)10-13-11-26-18(21-13)12-6-2-1-3-7-12/h1-9,11,17H,10H2,(H,22,23)(H,24,25). The number of aliphatic carboxylic acids is 1. The normalized spacial score (nSPS) is 11.7. The van der Waals surface area contributed by atoms with Gasteiger partial charge >= 0.3 is 5.97 Å². The first-order valence-corrected chi connectivity index (χ1v) is 9.07. The van der Waals surface area contributed by atoms with Crippen LogP contribution in [0.1, 0.15) is 17.3 Å². The van der Waals surface area contributed by atoms with E-state index < -0.39 is 17.9 Å². The van der Waals surface area contributed by atoms with Crippen molar-refractivity contribution in [2.75, 3.05) is 0 Å². The third-order valence-corrected chi connectivity index (χ3v) is 4.97. The van der Waals surface area contributed by atoms with Gasteiger partial charge in [0.05, 0.1) is 12.1 Å². The molecule has 0 saturated heterocycles. The Bertz CT molecular complexity index is 927. The Kier molecular flexibility index (Phi) is 5.65. The molecule has 2 N–H and O–H groups in total. The van der Waals surface area contributed by atoms with Crippen LogP contribution in [-0.2, 0) is 16.0 Å². The summed E-state index contributed by atoms with van der Waals surface area (Å²) >= 11 is 7.49.